The smallest absolute Gasteiger partial charge is 0.297 e. The van der Waals surface area contributed by atoms with Crippen LogP contribution in [0, 0.1) is 13.8 Å². The molecular formula is C20H24N2O6S2. The Kier molecular flexibility index (Phi) is 5.80. The van der Waals surface area contributed by atoms with Crippen LogP contribution in [0.5, 0.6) is 0 Å². The van der Waals surface area contributed by atoms with Crippen molar-refractivity contribution in [1.29, 1.82) is 0 Å². The quantitative estimate of drug-likeness (QED) is 0.666. The Balaban J connectivity index is 1.93. The van der Waals surface area contributed by atoms with E-state index in [1.807, 2.05) is 13.8 Å². The first kappa shape index (κ1) is 22.4. The fraction of sp³-hybridized carbons (Fsp3) is 0.350. The SMILES string of the molecule is Cc1ccc(S(=O)(=O)OC2CN(S(=O)(=O)c3ccc(C)cc3)C(C)(C(N)=O)C2)cc1. The summed E-state index contributed by atoms with van der Waals surface area (Å²) < 4.78 is 57.9. The van der Waals surface area contributed by atoms with E-state index in [2.05, 4.69) is 0 Å². The number of nitrogens with zero attached hydrogens (tertiary/aromatic N) is 1. The summed E-state index contributed by atoms with van der Waals surface area (Å²) in [5.41, 5.74) is 5.65. The second-order valence-electron chi connectivity index (χ2n) is 7.68. The molecule has 30 heavy (non-hydrogen) atoms. The minimum atomic E-state index is -4.15. The Morgan fingerprint density at radius 1 is 0.967 bits per heavy atom. The number of hydrogen-bond donors (Lipinski definition) is 1. The van der Waals surface area contributed by atoms with Crippen molar-refractivity contribution in [2.24, 2.45) is 5.73 Å². The molecule has 2 unspecified atom stereocenters. The molecule has 0 saturated carbocycles. The number of rotatable bonds is 6. The third-order valence-corrected chi connectivity index (χ3v) is 8.63. The van der Waals surface area contributed by atoms with Crippen LogP contribution >= 0.6 is 0 Å². The van der Waals surface area contributed by atoms with E-state index < -0.39 is 37.7 Å². The summed E-state index contributed by atoms with van der Waals surface area (Å²) in [6.07, 6.45) is -1.24. The number of benzene rings is 2. The maximum atomic E-state index is 13.2. The molecule has 3 rings (SSSR count). The molecule has 2 N–H and O–H groups in total. The van der Waals surface area contributed by atoms with Gasteiger partial charge in [-0.3, -0.25) is 8.98 Å². The van der Waals surface area contributed by atoms with Crippen LogP contribution in [0.25, 0.3) is 0 Å². The molecule has 2 aromatic carbocycles. The number of sulfonamides is 1. The molecule has 2 aromatic rings. The molecule has 0 aromatic heterocycles. The zero-order chi connectivity index (χ0) is 22.3. The lowest BCUT2D eigenvalue weighted by molar-refractivity contribution is -0.125. The van der Waals surface area contributed by atoms with Crippen LogP contribution in [0.2, 0.25) is 0 Å². The highest BCUT2D eigenvalue weighted by atomic mass is 32.2. The highest BCUT2D eigenvalue weighted by Gasteiger charge is 2.53. The van der Waals surface area contributed by atoms with Crippen LogP contribution in [0.4, 0.5) is 0 Å². The second kappa shape index (κ2) is 7.77. The first-order chi connectivity index (χ1) is 13.9. The molecule has 8 nitrogen and oxygen atoms in total. The van der Waals surface area contributed by atoms with Gasteiger partial charge in [-0.25, -0.2) is 8.42 Å². The number of amides is 1. The van der Waals surface area contributed by atoms with E-state index in [1.165, 1.54) is 31.2 Å². The van der Waals surface area contributed by atoms with E-state index in [9.17, 15) is 21.6 Å². The maximum absolute atomic E-state index is 13.2. The van der Waals surface area contributed by atoms with Gasteiger partial charge in [0.2, 0.25) is 15.9 Å². The van der Waals surface area contributed by atoms with Crippen molar-refractivity contribution >= 4 is 26.0 Å². The monoisotopic (exact) mass is 452 g/mol. The van der Waals surface area contributed by atoms with Crippen molar-refractivity contribution in [3.63, 3.8) is 0 Å². The van der Waals surface area contributed by atoms with E-state index >= 15 is 0 Å². The topological polar surface area (TPSA) is 124 Å². The molecule has 1 fully saturated rings. The second-order valence-corrected chi connectivity index (χ2v) is 11.1. The van der Waals surface area contributed by atoms with E-state index in [0.29, 0.717) is 0 Å². The van der Waals surface area contributed by atoms with E-state index in [-0.39, 0.29) is 22.8 Å². The number of primary amides is 1. The van der Waals surface area contributed by atoms with Crippen molar-refractivity contribution in [3.05, 3.63) is 59.7 Å². The first-order valence-corrected chi connectivity index (χ1v) is 12.1. The van der Waals surface area contributed by atoms with Gasteiger partial charge in [-0.15, -0.1) is 0 Å². The summed E-state index contributed by atoms with van der Waals surface area (Å²) in [5, 5.41) is 0. The highest BCUT2D eigenvalue weighted by Crippen LogP contribution is 2.37. The van der Waals surface area contributed by atoms with Crippen LogP contribution < -0.4 is 5.73 Å². The summed E-state index contributed by atoms with van der Waals surface area (Å²) in [5.74, 6) is -0.878. The molecule has 0 aliphatic carbocycles. The summed E-state index contributed by atoms with van der Waals surface area (Å²) in [4.78, 5) is 12.1. The average Bonchev–Trinajstić information content (AvgIpc) is 3.00. The molecule has 10 heteroatoms. The van der Waals surface area contributed by atoms with Crippen molar-refractivity contribution in [2.45, 2.75) is 48.6 Å². The number of aryl methyl sites for hydroxylation is 2. The Labute approximate surface area is 176 Å². The van der Waals surface area contributed by atoms with Gasteiger partial charge in [-0.1, -0.05) is 35.4 Å². The van der Waals surface area contributed by atoms with Crippen LogP contribution in [-0.4, -0.2) is 45.2 Å². The highest BCUT2D eigenvalue weighted by molar-refractivity contribution is 7.89. The summed E-state index contributed by atoms with van der Waals surface area (Å²) in [6, 6.07) is 12.2. The Bertz CT molecular complexity index is 1160. The molecule has 1 saturated heterocycles. The Hall–Kier alpha value is -2.27. The van der Waals surface area contributed by atoms with Crippen molar-refractivity contribution < 1.29 is 25.8 Å². The van der Waals surface area contributed by atoms with Crippen LogP contribution in [0.3, 0.4) is 0 Å². The molecule has 0 bridgehead atoms. The van der Waals surface area contributed by atoms with E-state index in [0.717, 1.165) is 15.4 Å². The predicted octanol–water partition coefficient (Wildman–Crippen LogP) is 1.72. The molecule has 1 aliphatic rings. The van der Waals surface area contributed by atoms with Crippen molar-refractivity contribution in [1.82, 2.24) is 4.31 Å². The zero-order valence-electron chi connectivity index (χ0n) is 16.9. The first-order valence-electron chi connectivity index (χ1n) is 9.26. The van der Waals surface area contributed by atoms with Crippen molar-refractivity contribution in [3.8, 4) is 0 Å². The summed E-state index contributed by atoms with van der Waals surface area (Å²) in [7, 11) is -8.26. The van der Waals surface area contributed by atoms with Gasteiger partial charge in [0, 0.05) is 13.0 Å². The lowest BCUT2D eigenvalue weighted by Gasteiger charge is -2.30. The normalized spacial score (nSPS) is 22.8. The predicted molar refractivity (Wildman–Crippen MR) is 111 cm³/mol. The number of nitrogens with two attached hydrogens (primary N) is 1. The van der Waals surface area contributed by atoms with Gasteiger partial charge in [0.25, 0.3) is 10.1 Å². The van der Waals surface area contributed by atoms with E-state index in [4.69, 9.17) is 9.92 Å². The standard InChI is InChI=1S/C20H24N2O6S2/c1-14-4-8-17(9-5-14)29(24,25)22-13-16(12-20(22,3)19(21)23)28-30(26,27)18-10-6-15(2)7-11-18/h4-11,16H,12-13H2,1-3H3,(H2,21,23). The van der Waals surface area contributed by atoms with Crippen LogP contribution in [0.1, 0.15) is 24.5 Å². The lowest BCUT2D eigenvalue weighted by atomic mass is 9.99. The maximum Gasteiger partial charge on any atom is 0.297 e. The number of hydrogen-bond acceptors (Lipinski definition) is 6. The molecule has 1 heterocycles. The third-order valence-electron chi connectivity index (χ3n) is 5.26. The van der Waals surface area contributed by atoms with Gasteiger partial charge >= 0.3 is 0 Å². The third kappa shape index (κ3) is 4.13. The fourth-order valence-electron chi connectivity index (χ4n) is 3.42. The lowest BCUT2D eigenvalue weighted by Crippen LogP contribution is -2.53. The number of carbonyl (C=O) groups is 1. The van der Waals surface area contributed by atoms with Gasteiger partial charge in [0.15, 0.2) is 0 Å². The largest absolute Gasteiger partial charge is 0.368 e. The number of carbonyl (C=O) groups excluding carboxylic acids is 1. The van der Waals surface area contributed by atoms with Gasteiger partial charge in [-0.2, -0.15) is 12.7 Å². The van der Waals surface area contributed by atoms with Gasteiger partial charge in [0.1, 0.15) is 5.54 Å². The average molecular weight is 453 g/mol. The Morgan fingerprint density at radius 2 is 1.43 bits per heavy atom. The van der Waals surface area contributed by atoms with Gasteiger partial charge in [-0.05, 0) is 45.0 Å². The molecule has 0 radical (unpaired) electrons. The fourth-order valence-corrected chi connectivity index (χ4v) is 6.28. The van der Waals surface area contributed by atoms with E-state index in [1.54, 1.807) is 24.3 Å². The zero-order valence-corrected chi connectivity index (χ0v) is 18.5. The Morgan fingerprint density at radius 3 is 1.90 bits per heavy atom. The molecule has 0 spiro atoms. The van der Waals surface area contributed by atoms with Gasteiger partial charge < -0.3 is 5.73 Å². The van der Waals surface area contributed by atoms with Gasteiger partial charge in [0.05, 0.1) is 15.9 Å². The van der Waals surface area contributed by atoms with Crippen molar-refractivity contribution in [2.75, 3.05) is 6.54 Å². The minimum Gasteiger partial charge on any atom is -0.368 e. The molecule has 162 valence electrons. The molecule has 2 atom stereocenters. The minimum absolute atomic E-state index is 0.0115. The molecule has 1 amide bonds. The molecular weight excluding hydrogens is 428 g/mol. The summed E-state index contributed by atoms with van der Waals surface area (Å²) in [6.45, 7) is 4.70. The molecule has 1 aliphatic heterocycles. The van der Waals surface area contributed by atoms with Crippen LogP contribution in [-0.2, 0) is 29.1 Å². The summed E-state index contributed by atoms with van der Waals surface area (Å²) >= 11 is 0. The van der Waals surface area contributed by atoms with Crippen LogP contribution in [0.15, 0.2) is 58.3 Å².